The molecule has 0 spiro atoms. The normalized spacial score (nSPS) is 12.2. The zero-order valence-electron chi connectivity index (χ0n) is 10.7. The third-order valence-corrected chi connectivity index (χ3v) is 3.19. The molecule has 0 amide bonds. The Bertz CT molecular complexity index is 577. The average molecular weight is 281 g/mol. The van der Waals surface area contributed by atoms with Crippen LogP contribution in [-0.4, -0.2) is 19.1 Å². The summed E-state index contributed by atoms with van der Waals surface area (Å²) in [5, 5.41) is 3.51. The van der Waals surface area contributed by atoms with Crippen molar-refractivity contribution in [2.45, 2.75) is 6.04 Å². The van der Waals surface area contributed by atoms with Gasteiger partial charge in [-0.15, -0.1) is 0 Å². The molecule has 0 aliphatic carbocycles. The Morgan fingerprint density at radius 2 is 2.11 bits per heavy atom. The summed E-state index contributed by atoms with van der Waals surface area (Å²) in [5.41, 5.74) is 1.03. The molecule has 1 heterocycles. The fourth-order valence-electron chi connectivity index (χ4n) is 1.96. The highest BCUT2D eigenvalue weighted by atomic mass is 35.5. The van der Waals surface area contributed by atoms with E-state index >= 15 is 0 Å². The second-order valence-corrected chi connectivity index (χ2v) is 4.36. The van der Waals surface area contributed by atoms with E-state index in [0.29, 0.717) is 16.3 Å². The van der Waals surface area contributed by atoms with Crippen LogP contribution in [0.2, 0.25) is 5.02 Å². The summed E-state index contributed by atoms with van der Waals surface area (Å²) in [6.45, 7) is 0. The van der Waals surface area contributed by atoms with E-state index in [4.69, 9.17) is 16.3 Å². The summed E-state index contributed by atoms with van der Waals surface area (Å²) in [6.07, 6.45) is 1.63. The van der Waals surface area contributed by atoms with Gasteiger partial charge in [0, 0.05) is 11.8 Å². The molecule has 0 aliphatic rings. The standard InChI is InChI=1S/C14H14ClFN2O/c1-17-13(14-10(15)6-4-8-18-14)9-5-3-7-11(19-2)12(9)16/h3-8,13,17H,1-2H3. The fourth-order valence-corrected chi connectivity index (χ4v) is 2.19. The number of ether oxygens (including phenoxy) is 1. The van der Waals surface area contributed by atoms with Gasteiger partial charge >= 0.3 is 0 Å². The molecule has 0 saturated carbocycles. The van der Waals surface area contributed by atoms with E-state index in [2.05, 4.69) is 10.3 Å². The molecular formula is C14H14ClFN2O. The maximum absolute atomic E-state index is 14.3. The summed E-state index contributed by atoms with van der Waals surface area (Å²) in [4.78, 5) is 4.22. The lowest BCUT2D eigenvalue weighted by atomic mass is 10.0. The quantitative estimate of drug-likeness (QED) is 0.934. The first-order valence-electron chi connectivity index (χ1n) is 5.79. The van der Waals surface area contributed by atoms with Crippen LogP contribution < -0.4 is 10.1 Å². The molecule has 1 atom stereocenters. The Balaban J connectivity index is 2.52. The first-order valence-corrected chi connectivity index (χ1v) is 6.17. The predicted molar refractivity (Wildman–Crippen MR) is 73.1 cm³/mol. The van der Waals surface area contributed by atoms with Gasteiger partial charge < -0.3 is 10.1 Å². The van der Waals surface area contributed by atoms with Gasteiger partial charge in [-0.1, -0.05) is 23.7 Å². The first kappa shape index (κ1) is 13.8. The van der Waals surface area contributed by atoms with E-state index in [1.54, 1.807) is 43.6 Å². The van der Waals surface area contributed by atoms with Crippen molar-refractivity contribution in [1.82, 2.24) is 10.3 Å². The van der Waals surface area contributed by atoms with E-state index in [9.17, 15) is 4.39 Å². The topological polar surface area (TPSA) is 34.1 Å². The van der Waals surface area contributed by atoms with Crippen molar-refractivity contribution >= 4 is 11.6 Å². The highest BCUT2D eigenvalue weighted by Gasteiger charge is 2.21. The predicted octanol–water partition coefficient (Wildman–Crippen LogP) is 3.19. The second kappa shape index (κ2) is 5.99. The van der Waals surface area contributed by atoms with Crippen molar-refractivity contribution in [3.8, 4) is 5.75 Å². The van der Waals surface area contributed by atoms with Gasteiger partial charge in [-0.2, -0.15) is 0 Å². The Morgan fingerprint density at radius 1 is 1.32 bits per heavy atom. The molecule has 1 aromatic heterocycles. The third kappa shape index (κ3) is 2.69. The van der Waals surface area contributed by atoms with Gasteiger partial charge in [0.15, 0.2) is 11.6 Å². The first-order chi connectivity index (χ1) is 9.19. The smallest absolute Gasteiger partial charge is 0.170 e. The molecule has 1 N–H and O–H groups in total. The molecule has 19 heavy (non-hydrogen) atoms. The summed E-state index contributed by atoms with van der Waals surface area (Å²) >= 11 is 6.12. The van der Waals surface area contributed by atoms with Crippen molar-refractivity contribution in [3.05, 3.63) is 58.6 Å². The summed E-state index contributed by atoms with van der Waals surface area (Å²) in [6, 6.07) is 8.03. The van der Waals surface area contributed by atoms with Crippen LogP contribution in [0.4, 0.5) is 4.39 Å². The third-order valence-electron chi connectivity index (χ3n) is 2.87. The maximum Gasteiger partial charge on any atom is 0.170 e. The lowest BCUT2D eigenvalue weighted by Gasteiger charge is -2.18. The maximum atomic E-state index is 14.3. The minimum absolute atomic E-state index is 0.199. The Hall–Kier alpha value is -1.65. The molecule has 0 fully saturated rings. The highest BCUT2D eigenvalue weighted by Crippen LogP contribution is 2.31. The lowest BCUT2D eigenvalue weighted by molar-refractivity contribution is 0.382. The Labute approximate surface area is 116 Å². The summed E-state index contributed by atoms with van der Waals surface area (Å²) in [7, 11) is 3.17. The van der Waals surface area contributed by atoms with Crippen LogP contribution in [0.1, 0.15) is 17.3 Å². The van der Waals surface area contributed by atoms with Crippen LogP contribution in [0.3, 0.4) is 0 Å². The molecule has 2 rings (SSSR count). The van der Waals surface area contributed by atoms with E-state index in [0.717, 1.165) is 0 Å². The number of hydrogen-bond donors (Lipinski definition) is 1. The number of benzene rings is 1. The molecule has 0 saturated heterocycles. The van der Waals surface area contributed by atoms with Crippen LogP contribution in [0.5, 0.6) is 5.75 Å². The molecule has 1 aromatic carbocycles. The average Bonchev–Trinajstić information content (AvgIpc) is 2.43. The van der Waals surface area contributed by atoms with E-state index < -0.39 is 11.9 Å². The Kier molecular flexibility index (Phi) is 4.35. The van der Waals surface area contributed by atoms with Crippen molar-refractivity contribution in [2.75, 3.05) is 14.2 Å². The highest BCUT2D eigenvalue weighted by molar-refractivity contribution is 6.31. The molecule has 2 aromatic rings. The van der Waals surface area contributed by atoms with Gasteiger partial charge in [-0.05, 0) is 25.2 Å². The monoisotopic (exact) mass is 280 g/mol. The van der Waals surface area contributed by atoms with Crippen LogP contribution >= 0.6 is 11.6 Å². The molecular weight excluding hydrogens is 267 g/mol. The number of methoxy groups -OCH3 is 1. The van der Waals surface area contributed by atoms with Gasteiger partial charge in [-0.3, -0.25) is 4.98 Å². The minimum Gasteiger partial charge on any atom is -0.494 e. The number of nitrogens with one attached hydrogen (secondary N) is 1. The van der Waals surface area contributed by atoms with Gasteiger partial charge in [0.05, 0.1) is 23.9 Å². The number of rotatable bonds is 4. The molecule has 0 radical (unpaired) electrons. The number of pyridine rings is 1. The molecule has 0 aliphatic heterocycles. The van der Waals surface area contributed by atoms with Crippen LogP contribution in [0.15, 0.2) is 36.5 Å². The zero-order valence-corrected chi connectivity index (χ0v) is 11.4. The largest absolute Gasteiger partial charge is 0.494 e. The molecule has 5 heteroatoms. The number of nitrogens with zero attached hydrogens (tertiary/aromatic N) is 1. The van der Waals surface area contributed by atoms with E-state index in [1.165, 1.54) is 7.11 Å². The van der Waals surface area contributed by atoms with E-state index in [-0.39, 0.29) is 5.75 Å². The minimum atomic E-state index is -0.427. The molecule has 0 bridgehead atoms. The van der Waals surface area contributed by atoms with E-state index in [1.807, 2.05) is 0 Å². The Morgan fingerprint density at radius 3 is 2.74 bits per heavy atom. The van der Waals surface area contributed by atoms with Crippen LogP contribution in [0.25, 0.3) is 0 Å². The van der Waals surface area contributed by atoms with Crippen molar-refractivity contribution in [3.63, 3.8) is 0 Å². The summed E-state index contributed by atoms with van der Waals surface area (Å²) in [5.74, 6) is -0.212. The van der Waals surface area contributed by atoms with Gasteiger partial charge in [0.25, 0.3) is 0 Å². The number of halogens is 2. The molecule has 3 nitrogen and oxygen atoms in total. The van der Waals surface area contributed by atoms with Crippen LogP contribution in [0, 0.1) is 5.82 Å². The van der Waals surface area contributed by atoms with Gasteiger partial charge in [0.2, 0.25) is 0 Å². The van der Waals surface area contributed by atoms with Gasteiger partial charge in [-0.25, -0.2) is 4.39 Å². The summed E-state index contributed by atoms with van der Waals surface area (Å²) < 4.78 is 19.3. The second-order valence-electron chi connectivity index (χ2n) is 3.96. The zero-order chi connectivity index (χ0) is 13.8. The van der Waals surface area contributed by atoms with Crippen molar-refractivity contribution < 1.29 is 9.13 Å². The molecule has 100 valence electrons. The fraction of sp³-hybridized carbons (Fsp3) is 0.214. The van der Waals surface area contributed by atoms with Crippen molar-refractivity contribution in [1.29, 1.82) is 0 Å². The van der Waals surface area contributed by atoms with Crippen molar-refractivity contribution in [2.24, 2.45) is 0 Å². The SMILES string of the molecule is CNC(c1cccc(OC)c1F)c1ncccc1Cl. The number of hydrogen-bond acceptors (Lipinski definition) is 3. The lowest BCUT2D eigenvalue weighted by Crippen LogP contribution is -2.20. The number of aromatic nitrogens is 1. The van der Waals surface area contributed by atoms with Gasteiger partial charge in [0.1, 0.15) is 0 Å². The van der Waals surface area contributed by atoms with Crippen LogP contribution in [-0.2, 0) is 0 Å². The molecule has 1 unspecified atom stereocenters.